The van der Waals surface area contributed by atoms with Crippen LogP contribution in [0.2, 0.25) is 0 Å². The van der Waals surface area contributed by atoms with Crippen molar-refractivity contribution in [2.75, 3.05) is 18.5 Å². The molecule has 9 heteroatoms. The average molecular weight is 301 g/mol. The SMILES string of the molecule is CC(C)CNC(=O)CNS(=O)(=O)c1cnccc1NN. The Morgan fingerprint density at radius 3 is 2.75 bits per heavy atom. The van der Waals surface area contributed by atoms with E-state index in [2.05, 4.69) is 20.4 Å². The second-order valence-corrected chi connectivity index (χ2v) is 6.27. The van der Waals surface area contributed by atoms with E-state index in [1.807, 2.05) is 13.8 Å². The van der Waals surface area contributed by atoms with Crippen LogP contribution in [0.3, 0.4) is 0 Å². The van der Waals surface area contributed by atoms with Gasteiger partial charge in [-0.3, -0.25) is 15.6 Å². The maximum Gasteiger partial charge on any atom is 0.244 e. The Morgan fingerprint density at radius 2 is 2.15 bits per heavy atom. The Labute approximate surface area is 118 Å². The van der Waals surface area contributed by atoms with Gasteiger partial charge in [-0.15, -0.1) is 0 Å². The molecule has 1 aromatic rings. The maximum atomic E-state index is 12.0. The molecule has 5 N–H and O–H groups in total. The summed E-state index contributed by atoms with van der Waals surface area (Å²) in [6, 6.07) is 1.42. The van der Waals surface area contributed by atoms with Crippen LogP contribution >= 0.6 is 0 Å². The molecule has 1 aromatic heterocycles. The van der Waals surface area contributed by atoms with Crippen molar-refractivity contribution in [3.63, 3.8) is 0 Å². The lowest BCUT2D eigenvalue weighted by molar-refractivity contribution is -0.120. The zero-order valence-electron chi connectivity index (χ0n) is 11.4. The Hall–Kier alpha value is -1.71. The zero-order valence-corrected chi connectivity index (χ0v) is 12.2. The number of pyridine rings is 1. The third-order valence-corrected chi connectivity index (χ3v) is 3.79. The molecule has 0 spiro atoms. The minimum atomic E-state index is -3.85. The van der Waals surface area contributed by atoms with Gasteiger partial charge in [0.2, 0.25) is 15.9 Å². The average Bonchev–Trinajstić information content (AvgIpc) is 2.43. The van der Waals surface area contributed by atoms with Gasteiger partial charge in [0.05, 0.1) is 12.2 Å². The molecule has 0 radical (unpaired) electrons. The smallest absolute Gasteiger partial charge is 0.244 e. The van der Waals surface area contributed by atoms with Crippen LogP contribution in [0.5, 0.6) is 0 Å². The van der Waals surface area contributed by atoms with E-state index >= 15 is 0 Å². The van der Waals surface area contributed by atoms with Crippen LogP contribution in [0.4, 0.5) is 5.69 Å². The first-order valence-electron chi connectivity index (χ1n) is 6.04. The van der Waals surface area contributed by atoms with Gasteiger partial charge in [0, 0.05) is 18.9 Å². The third-order valence-electron chi connectivity index (χ3n) is 2.36. The van der Waals surface area contributed by atoms with Crippen LogP contribution in [0, 0.1) is 5.92 Å². The van der Waals surface area contributed by atoms with Crippen molar-refractivity contribution in [1.29, 1.82) is 0 Å². The number of anilines is 1. The molecule has 20 heavy (non-hydrogen) atoms. The Kier molecular flexibility index (Phi) is 5.86. The van der Waals surface area contributed by atoms with Crippen molar-refractivity contribution in [3.8, 4) is 0 Å². The molecule has 0 atom stereocenters. The number of nitrogens with two attached hydrogens (primary N) is 1. The number of carbonyl (C=O) groups is 1. The molecule has 0 aliphatic carbocycles. The van der Waals surface area contributed by atoms with Crippen LogP contribution < -0.4 is 21.3 Å². The molecule has 0 saturated heterocycles. The molecule has 1 rings (SSSR count). The summed E-state index contributed by atoms with van der Waals surface area (Å²) in [5.74, 6) is 5.13. The first-order chi connectivity index (χ1) is 9.36. The number of amides is 1. The fourth-order valence-electron chi connectivity index (χ4n) is 1.33. The van der Waals surface area contributed by atoms with Crippen LogP contribution in [0.25, 0.3) is 0 Å². The summed E-state index contributed by atoms with van der Waals surface area (Å²) in [4.78, 5) is 15.1. The summed E-state index contributed by atoms with van der Waals surface area (Å²) in [6.07, 6.45) is 2.56. The van der Waals surface area contributed by atoms with E-state index in [9.17, 15) is 13.2 Å². The van der Waals surface area contributed by atoms with E-state index < -0.39 is 15.9 Å². The van der Waals surface area contributed by atoms with Gasteiger partial charge in [-0.05, 0) is 12.0 Å². The lowest BCUT2D eigenvalue weighted by Crippen LogP contribution is -2.38. The Morgan fingerprint density at radius 1 is 1.45 bits per heavy atom. The first-order valence-corrected chi connectivity index (χ1v) is 7.52. The molecular formula is C11H19N5O3S. The summed E-state index contributed by atoms with van der Waals surface area (Å²) in [6.45, 7) is 4.04. The van der Waals surface area contributed by atoms with Crippen LogP contribution in [-0.2, 0) is 14.8 Å². The predicted molar refractivity (Wildman–Crippen MR) is 75.1 cm³/mol. The minimum Gasteiger partial charge on any atom is -0.355 e. The number of carbonyl (C=O) groups excluding carboxylic acids is 1. The van der Waals surface area contributed by atoms with Gasteiger partial charge in [0.15, 0.2) is 0 Å². The van der Waals surface area contributed by atoms with Crippen molar-refractivity contribution >= 4 is 21.6 Å². The van der Waals surface area contributed by atoms with E-state index in [4.69, 9.17) is 5.84 Å². The Bertz CT molecular complexity index is 559. The predicted octanol–water partition coefficient (Wildman–Crippen LogP) is -0.582. The molecule has 0 unspecified atom stereocenters. The van der Waals surface area contributed by atoms with Crippen molar-refractivity contribution in [2.45, 2.75) is 18.7 Å². The molecule has 0 aliphatic rings. The van der Waals surface area contributed by atoms with E-state index in [1.165, 1.54) is 12.3 Å². The van der Waals surface area contributed by atoms with Gasteiger partial charge >= 0.3 is 0 Å². The van der Waals surface area contributed by atoms with E-state index in [0.717, 1.165) is 6.20 Å². The van der Waals surface area contributed by atoms with E-state index in [0.29, 0.717) is 12.5 Å². The number of nitrogens with one attached hydrogen (secondary N) is 3. The van der Waals surface area contributed by atoms with E-state index in [1.54, 1.807) is 0 Å². The van der Waals surface area contributed by atoms with Gasteiger partial charge < -0.3 is 10.7 Å². The number of nitrogens with zero attached hydrogens (tertiary/aromatic N) is 1. The molecule has 0 aliphatic heterocycles. The number of rotatable bonds is 7. The standard InChI is InChI=1S/C11H19N5O3S/c1-8(2)5-14-11(17)7-15-20(18,19)10-6-13-4-3-9(10)16-12/h3-4,6,8,15H,5,7,12H2,1-2H3,(H,13,16)(H,14,17). The summed E-state index contributed by atoms with van der Waals surface area (Å²) in [5, 5.41) is 2.61. The topological polar surface area (TPSA) is 126 Å². The van der Waals surface area contributed by atoms with Gasteiger partial charge in [-0.1, -0.05) is 13.8 Å². The van der Waals surface area contributed by atoms with Crippen molar-refractivity contribution in [3.05, 3.63) is 18.5 Å². The van der Waals surface area contributed by atoms with Gasteiger partial charge in [0.25, 0.3) is 0 Å². The molecule has 0 saturated carbocycles. The lowest BCUT2D eigenvalue weighted by Gasteiger charge is -2.11. The van der Waals surface area contributed by atoms with Crippen molar-refractivity contribution < 1.29 is 13.2 Å². The van der Waals surface area contributed by atoms with Crippen molar-refractivity contribution in [2.24, 2.45) is 11.8 Å². The van der Waals surface area contributed by atoms with E-state index in [-0.39, 0.29) is 17.1 Å². The fraction of sp³-hybridized carbons (Fsp3) is 0.455. The monoisotopic (exact) mass is 301 g/mol. The molecule has 1 amide bonds. The largest absolute Gasteiger partial charge is 0.355 e. The highest BCUT2D eigenvalue weighted by atomic mass is 32.2. The fourth-order valence-corrected chi connectivity index (χ4v) is 2.42. The maximum absolute atomic E-state index is 12.0. The second kappa shape index (κ2) is 7.17. The van der Waals surface area contributed by atoms with Crippen LogP contribution in [0.1, 0.15) is 13.8 Å². The zero-order chi connectivity index (χ0) is 15.2. The number of sulfonamides is 1. The summed E-state index contributed by atoms with van der Waals surface area (Å²) < 4.78 is 26.3. The highest BCUT2D eigenvalue weighted by Crippen LogP contribution is 2.17. The summed E-state index contributed by atoms with van der Waals surface area (Å²) in [7, 11) is -3.85. The van der Waals surface area contributed by atoms with Crippen LogP contribution in [-0.4, -0.2) is 32.4 Å². The molecule has 0 bridgehead atoms. The number of hydrogen-bond acceptors (Lipinski definition) is 6. The third kappa shape index (κ3) is 4.76. The van der Waals surface area contributed by atoms with Crippen molar-refractivity contribution in [1.82, 2.24) is 15.0 Å². The number of hydrazine groups is 1. The molecular weight excluding hydrogens is 282 g/mol. The molecule has 8 nitrogen and oxygen atoms in total. The van der Waals surface area contributed by atoms with Gasteiger partial charge in [-0.2, -0.15) is 0 Å². The molecule has 112 valence electrons. The summed E-state index contributed by atoms with van der Waals surface area (Å²) >= 11 is 0. The van der Waals surface area contributed by atoms with Gasteiger partial charge in [-0.25, -0.2) is 13.1 Å². The first kappa shape index (κ1) is 16.3. The minimum absolute atomic E-state index is 0.112. The molecule has 0 fully saturated rings. The number of nitrogen functional groups attached to an aromatic ring is 1. The molecule has 1 heterocycles. The quantitative estimate of drug-likeness (QED) is 0.394. The van der Waals surface area contributed by atoms with Crippen LogP contribution in [0.15, 0.2) is 23.4 Å². The Balaban J connectivity index is 2.69. The summed E-state index contributed by atoms with van der Waals surface area (Å²) in [5.41, 5.74) is 2.47. The lowest BCUT2D eigenvalue weighted by atomic mass is 10.2. The number of hydrogen-bond donors (Lipinski definition) is 4. The second-order valence-electron chi connectivity index (χ2n) is 4.54. The number of aromatic nitrogens is 1. The van der Waals surface area contributed by atoms with Gasteiger partial charge in [0.1, 0.15) is 4.90 Å². The highest BCUT2D eigenvalue weighted by Gasteiger charge is 2.19. The molecule has 0 aromatic carbocycles. The normalized spacial score (nSPS) is 11.4. The highest BCUT2D eigenvalue weighted by molar-refractivity contribution is 7.89.